The fraction of sp³-hybridized carbons (Fsp3) is 0.435. The molecule has 1 aromatic carbocycles. The third kappa shape index (κ3) is 6.16. The predicted molar refractivity (Wildman–Crippen MR) is 123 cm³/mol. The van der Waals surface area contributed by atoms with Gasteiger partial charge in [-0.1, -0.05) is 19.8 Å². The van der Waals surface area contributed by atoms with Gasteiger partial charge in [0.1, 0.15) is 23.1 Å². The molecule has 3 rings (SSSR count). The smallest absolute Gasteiger partial charge is 0.266 e. The molecule has 0 radical (unpaired) electrons. The Kier molecular flexibility index (Phi) is 8.53. The standard InChI is InChI=1S/C23H29F2N5O3/c1-4-5-7-17(20(31)21(24)25)28-22-19-16(8-6-11-26-19)29-23(30-22)27-13-14-9-10-15(32-2)12-18(14)33-3/h6,8-12,17,20-21,31H,4-5,7,13H2,1-3H3,(H2,27,28,29,30)/t17-,20?/m1/s1. The van der Waals surface area contributed by atoms with Crippen molar-refractivity contribution in [1.82, 2.24) is 15.0 Å². The van der Waals surface area contributed by atoms with Gasteiger partial charge in [-0.25, -0.2) is 13.8 Å². The van der Waals surface area contributed by atoms with Gasteiger partial charge in [0, 0.05) is 24.4 Å². The van der Waals surface area contributed by atoms with E-state index in [2.05, 4.69) is 25.6 Å². The summed E-state index contributed by atoms with van der Waals surface area (Å²) in [7, 11) is 3.15. The van der Waals surface area contributed by atoms with E-state index in [0.29, 0.717) is 41.9 Å². The zero-order chi connectivity index (χ0) is 23.8. The number of benzene rings is 1. The number of ether oxygens (including phenoxy) is 2. The second-order valence-corrected chi connectivity index (χ2v) is 7.52. The van der Waals surface area contributed by atoms with Crippen LogP contribution in [0.3, 0.4) is 0 Å². The Morgan fingerprint density at radius 1 is 1.12 bits per heavy atom. The van der Waals surface area contributed by atoms with E-state index < -0.39 is 18.6 Å². The first-order valence-electron chi connectivity index (χ1n) is 10.8. The molecule has 8 nitrogen and oxygen atoms in total. The lowest BCUT2D eigenvalue weighted by Crippen LogP contribution is -2.39. The average molecular weight is 462 g/mol. The maximum atomic E-state index is 13.3. The van der Waals surface area contributed by atoms with Gasteiger partial charge in [-0.05, 0) is 30.7 Å². The number of aliphatic hydroxyl groups excluding tert-OH is 1. The van der Waals surface area contributed by atoms with E-state index in [1.807, 2.05) is 19.1 Å². The minimum Gasteiger partial charge on any atom is -0.497 e. The number of aromatic nitrogens is 3. The van der Waals surface area contributed by atoms with Crippen LogP contribution in [0.1, 0.15) is 31.7 Å². The number of aliphatic hydroxyl groups is 1. The van der Waals surface area contributed by atoms with Gasteiger partial charge in [0.15, 0.2) is 5.82 Å². The quantitative estimate of drug-likeness (QED) is 0.368. The van der Waals surface area contributed by atoms with Crippen molar-refractivity contribution in [3.05, 3.63) is 42.1 Å². The van der Waals surface area contributed by atoms with Gasteiger partial charge in [0.2, 0.25) is 5.95 Å². The largest absolute Gasteiger partial charge is 0.497 e. The molecule has 0 aliphatic rings. The lowest BCUT2D eigenvalue weighted by Gasteiger charge is -2.24. The lowest BCUT2D eigenvalue weighted by atomic mass is 10.0. The molecule has 1 unspecified atom stereocenters. The van der Waals surface area contributed by atoms with E-state index in [1.54, 1.807) is 38.6 Å². The summed E-state index contributed by atoms with van der Waals surface area (Å²) >= 11 is 0. The van der Waals surface area contributed by atoms with Crippen LogP contribution < -0.4 is 20.1 Å². The Morgan fingerprint density at radius 2 is 1.94 bits per heavy atom. The monoisotopic (exact) mass is 461 g/mol. The zero-order valence-corrected chi connectivity index (χ0v) is 18.9. The highest BCUT2D eigenvalue weighted by atomic mass is 19.3. The third-order valence-corrected chi connectivity index (χ3v) is 5.25. The van der Waals surface area contributed by atoms with Crippen molar-refractivity contribution in [2.45, 2.75) is 51.3 Å². The van der Waals surface area contributed by atoms with Gasteiger partial charge in [-0.15, -0.1) is 0 Å². The van der Waals surface area contributed by atoms with Crippen molar-refractivity contribution in [2.75, 3.05) is 24.9 Å². The predicted octanol–water partition coefficient (Wildman–Crippen LogP) is 4.25. The third-order valence-electron chi connectivity index (χ3n) is 5.25. The molecule has 3 aromatic rings. The minimum absolute atomic E-state index is 0.283. The molecule has 0 fully saturated rings. The topological polar surface area (TPSA) is 101 Å². The van der Waals surface area contributed by atoms with Gasteiger partial charge < -0.3 is 25.2 Å². The molecule has 3 N–H and O–H groups in total. The van der Waals surface area contributed by atoms with Crippen LogP contribution in [0, 0.1) is 0 Å². The number of fused-ring (bicyclic) bond motifs is 1. The summed E-state index contributed by atoms with van der Waals surface area (Å²) in [6.07, 6.45) is -1.26. The molecule has 178 valence electrons. The molecule has 33 heavy (non-hydrogen) atoms. The molecule has 0 aliphatic carbocycles. The molecule has 0 saturated carbocycles. The van der Waals surface area contributed by atoms with Crippen LogP contribution in [0.15, 0.2) is 36.5 Å². The maximum Gasteiger partial charge on any atom is 0.266 e. The van der Waals surface area contributed by atoms with Crippen molar-refractivity contribution in [3.63, 3.8) is 0 Å². The number of anilines is 2. The van der Waals surface area contributed by atoms with Gasteiger partial charge in [0.05, 0.1) is 25.8 Å². The van der Waals surface area contributed by atoms with Crippen LogP contribution in [0.4, 0.5) is 20.5 Å². The number of nitrogens with one attached hydrogen (secondary N) is 2. The molecule has 0 saturated heterocycles. The van der Waals surface area contributed by atoms with Gasteiger partial charge >= 0.3 is 0 Å². The normalized spacial score (nSPS) is 13.1. The van der Waals surface area contributed by atoms with E-state index in [-0.39, 0.29) is 11.8 Å². The van der Waals surface area contributed by atoms with Gasteiger partial charge in [-0.3, -0.25) is 4.98 Å². The fourth-order valence-corrected chi connectivity index (χ4v) is 3.42. The summed E-state index contributed by atoms with van der Waals surface area (Å²) < 4.78 is 37.2. The van der Waals surface area contributed by atoms with Crippen molar-refractivity contribution in [1.29, 1.82) is 0 Å². The molecular formula is C23H29F2N5O3. The maximum absolute atomic E-state index is 13.3. The Bertz CT molecular complexity index is 1050. The number of alkyl halides is 2. The summed E-state index contributed by atoms with van der Waals surface area (Å²) in [4.78, 5) is 13.3. The summed E-state index contributed by atoms with van der Waals surface area (Å²) in [6, 6.07) is 8.09. The Labute approximate surface area is 191 Å². The highest BCUT2D eigenvalue weighted by molar-refractivity contribution is 5.86. The SMILES string of the molecule is CCCC[C@@H](Nc1nc(NCc2ccc(OC)cc2OC)nc2cccnc12)C(O)C(F)F. The highest BCUT2D eigenvalue weighted by Gasteiger charge is 2.28. The molecule has 10 heteroatoms. The minimum atomic E-state index is -2.87. The molecule has 2 aromatic heterocycles. The second-order valence-electron chi connectivity index (χ2n) is 7.52. The van der Waals surface area contributed by atoms with Gasteiger partial charge in [-0.2, -0.15) is 4.98 Å². The first kappa shape index (κ1) is 24.4. The molecular weight excluding hydrogens is 432 g/mol. The Hall–Kier alpha value is -3.27. The summed E-state index contributed by atoms with van der Waals surface area (Å²) in [6.45, 7) is 2.32. The average Bonchev–Trinajstić information content (AvgIpc) is 2.84. The van der Waals surface area contributed by atoms with Crippen molar-refractivity contribution in [3.8, 4) is 11.5 Å². The van der Waals surface area contributed by atoms with E-state index in [4.69, 9.17) is 9.47 Å². The number of rotatable bonds is 12. The number of hydrogen-bond acceptors (Lipinski definition) is 8. The number of pyridine rings is 1. The fourth-order valence-electron chi connectivity index (χ4n) is 3.42. The number of hydrogen-bond donors (Lipinski definition) is 3. The number of unbranched alkanes of at least 4 members (excludes halogenated alkanes) is 1. The molecule has 0 spiro atoms. The Balaban J connectivity index is 1.88. The van der Waals surface area contributed by atoms with Crippen LogP contribution in [-0.4, -0.2) is 52.8 Å². The van der Waals surface area contributed by atoms with E-state index in [1.165, 1.54) is 0 Å². The first-order valence-corrected chi connectivity index (χ1v) is 10.8. The lowest BCUT2D eigenvalue weighted by molar-refractivity contribution is -0.0164. The first-order chi connectivity index (χ1) is 16.0. The van der Waals surface area contributed by atoms with Crippen molar-refractivity contribution >= 4 is 22.8 Å². The van der Waals surface area contributed by atoms with Crippen LogP contribution in [0.5, 0.6) is 11.5 Å². The van der Waals surface area contributed by atoms with Crippen LogP contribution in [0.25, 0.3) is 11.0 Å². The van der Waals surface area contributed by atoms with Crippen LogP contribution in [0.2, 0.25) is 0 Å². The molecule has 0 aliphatic heterocycles. The van der Waals surface area contributed by atoms with E-state index in [9.17, 15) is 13.9 Å². The van der Waals surface area contributed by atoms with E-state index in [0.717, 1.165) is 12.0 Å². The second kappa shape index (κ2) is 11.6. The summed E-state index contributed by atoms with van der Waals surface area (Å²) in [5.74, 6) is 1.88. The molecule has 2 atom stereocenters. The van der Waals surface area contributed by atoms with E-state index >= 15 is 0 Å². The van der Waals surface area contributed by atoms with Gasteiger partial charge in [0.25, 0.3) is 6.43 Å². The number of nitrogens with zero attached hydrogens (tertiary/aromatic N) is 3. The number of methoxy groups -OCH3 is 2. The molecule has 2 heterocycles. The molecule has 0 bridgehead atoms. The Morgan fingerprint density at radius 3 is 2.64 bits per heavy atom. The van der Waals surface area contributed by atoms with Crippen molar-refractivity contribution in [2.24, 2.45) is 0 Å². The zero-order valence-electron chi connectivity index (χ0n) is 18.9. The van der Waals surface area contributed by atoms with Crippen LogP contribution >= 0.6 is 0 Å². The summed E-state index contributed by atoms with van der Waals surface area (Å²) in [5.41, 5.74) is 1.84. The highest BCUT2D eigenvalue weighted by Crippen LogP contribution is 2.27. The number of halogens is 2. The van der Waals surface area contributed by atoms with Crippen LogP contribution in [-0.2, 0) is 6.54 Å². The van der Waals surface area contributed by atoms with Crippen molar-refractivity contribution < 1.29 is 23.4 Å². The molecule has 0 amide bonds. The summed E-state index contributed by atoms with van der Waals surface area (Å²) in [5, 5.41) is 16.2.